The van der Waals surface area contributed by atoms with Crippen LogP contribution < -0.4 is 11.1 Å². The Morgan fingerprint density at radius 2 is 1.96 bits per heavy atom. The molecule has 2 aromatic heterocycles. The van der Waals surface area contributed by atoms with Gasteiger partial charge in [0.1, 0.15) is 6.04 Å². The Balaban J connectivity index is 1.89. The highest BCUT2D eigenvalue weighted by Crippen LogP contribution is 2.35. The number of aromatic nitrogens is 4. The van der Waals surface area contributed by atoms with Crippen LogP contribution in [0.4, 0.5) is 5.95 Å². The zero-order valence-corrected chi connectivity index (χ0v) is 14.5. The van der Waals surface area contributed by atoms with E-state index in [1.54, 1.807) is 17.1 Å². The maximum atomic E-state index is 12.1. The van der Waals surface area contributed by atoms with Gasteiger partial charge in [0.25, 0.3) is 0 Å². The summed E-state index contributed by atoms with van der Waals surface area (Å²) in [5.41, 5.74) is 9.72. The first kappa shape index (κ1) is 16.0. The van der Waals surface area contributed by atoms with Crippen LogP contribution in [-0.2, 0) is 4.79 Å². The number of nitrogens with zero attached hydrogens (tertiary/aromatic N) is 4. The summed E-state index contributed by atoms with van der Waals surface area (Å²) in [7, 11) is 0. The molecule has 0 saturated heterocycles. The van der Waals surface area contributed by atoms with Crippen LogP contribution in [0.2, 0.25) is 0 Å². The first-order chi connectivity index (χ1) is 12.5. The lowest BCUT2D eigenvalue weighted by Crippen LogP contribution is -2.31. The van der Waals surface area contributed by atoms with E-state index in [0.29, 0.717) is 23.0 Å². The number of hydrogen-bond acceptors (Lipinski definition) is 5. The Morgan fingerprint density at radius 1 is 1.19 bits per heavy atom. The molecule has 4 rings (SSSR count). The number of nitrogens with one attached hydrogen (secondary N) is 1. The number of aryl methyl sites for hydroxylation is 1. The van der Waals surface area contributed by atoms with E-state index in [2.05, 4.69) is 20.4 Å². The number of amides is 1. The highest BCUT2D eigenvalue weighted by Gasteiger charge is 2.33. The molecule has 1 amide bonds. The molecule has 1 aliphatic rings. The van der Waals surface area contributed by atoms with Crippen LogP contribution in [-0.4, -0.2) is 25.7 Å². The van der Waals surface area contributed by atoms with Crippen molar-refractivity contribution in [2.24, 2.45) is 5.73 Å². The molecular weight excluding hydrogens is 328 g/mol. The molecule has 0 radical (unpaired) electrons. The van der Waals surface area contributed by atoms with Crippen LogP contribution in [0, 0.1) is 6.92 Å². The summed E-state index contributed by atoms with van der Waals surface area (Å²) >= 11 is 0. The van der Waals surface area contributed by atoms with Gasteiger partial charge in [-0.25, -0.2) is 4.68 Å². The quantitative estimate of drug-likeness (QED) is 0.759. The number of carbonyl (C=O) groups excluding carboxylic acids is 1. The van der Waals surface area contributed by atoms with Gasteiger partial charge in [0.05, 0.1) is 5.57 Å². The van der Waals surface area contributed by atoms with Crippen molar-refractivity contribution in [3.8, 4) is 11.4 Å². The van der Waals surface area contributed by atoms with Crippen LogP contribution in [0.1, 0.15) is 24.1 Å². The maximum absolute atomic E-state index is 12.1. The van der Waals surface area contributed by atoms with Gasteiger partial charge in [0.15, 0.2) is 5.82 Å². The summed E-state index contributed by atoms with van der Waals surface area (Å²) in [5, 5.41) is 7.82. The van der Waals surface area contributed by atoms with Crippen molar-refractivity contribution in [3.05, 3.63) is 71.2 Å². The van der Waals surface area contributed by atoms with Crippen molar-refractivity contribution >= 4 is 11.9 Å². The molecule has 0 saturated carbocycles. The van der Waals surface area contributed by atoms with E-state index in [1.807, 2.05) is 50.2 Å². The number of primary amides is 1. The van der Waals surface area contributed by atoms with Crippen LogP contribution in [0.3, 0.4) is 0 Å². The third-order valence-electron chi connectivity index (χ3n) is 4.42. The number of allylic oxidation sites excluding steroid dienone is 1. The van der Waals surface area contributed by atoms with Crippen molar-refractivity contribution in [1.82, 2.24) is 19.7 Å². The number of hydrogen-bond donors (Lipinski definition) is 2. The maximum Gasteiger partial charge on any atom is 0.248 e. The fourth-order valence-corrected chi connectivity index (χ4v) is 3.23. The number of benzene rings is 1. The van der Waals surface area contributed by atoms with Gasteiger partial charge in [-0.15, -0.1) is 5.10 Å². The molecule has 0 spiro atoms. The fraction of sp³-hybridized carbons (Fsp3) is 0.158. The predicted octanol–water partition coefficient (Wildman–Crippen LogP) is 2.42. The van der Waals surface area contributed by atoms with Gasteiger partial charge in [-0.3, -0.25) is 9.78 Å². The Labute approximate surface area is 150 Å². The zero-order valence-electron chi connectivity index (χ0n) is 14.5. The smallest absolute Gasteiger partial charge is 0.248 e. The first-order valence-electron chi connectivity index (χ1n) is 8.25. The summed E-state index contributed by atoms with van der Waals surface area (Å²) in [6, 6.07) is 11.2. The molecule has 1 atom stereocenters. The first-order valence-corrected chi connectivity index (χ1v) is 8.25. The number of carbonyl (C=O) groups is 1. The van der Waals surface area contributed by atoms with E-state index >= 15 is 0 Å². The van der Waals surface area contributed by atoms with Gasteiger partial charge < -0.3 is 11.1 Å². The average molecular weight is 346 g/mol. The third kappa shape index (κ3) is 2.63. The van der Waals surface area contributed by atoms with Crippen LogP contribution in [0.15, 0.2) is 60.1 Å². The Hall–Kier alpha value is -3.48. The lowest BCUT2D eigenvalue weighted by molar-refractivity contribution is -0.115. The molecular formula is C19H18N6O. The van der Waals surface area contributed by atoms with Crippen molar-refractivity contribution in [1.29, 1.82) is 0 Å². The summed E-state index contributed by atoms with van der Waals surface area (Å²) in [5.74, 6) is 0.676. The monoisotopic (exact) mass is 346 g/mol. The number of anilines is 1. The van der Waals surface area contributed by atoms with E-state index < -0.39 is 11.9 Å². The second-order valence-corrected chi connectivity index (χ2v) is 6.28. The molecule has 130 valence electrons. The molecule has 3 N–H and O–H groups in total. The molecule has 0 bridgehead atoms. The van der Waals surface area contributed by atoms with Crippen LogP contribution in [0.25, 0.3) is 11.4 Å². The van der Waals surface area contributed by atoms with E-state index in [1.165, 1.54) is 0 Å². The van der Waals surface area contributed by atoms with E-state index in [4.69, 9.17) is 5.73 Å². The molecule has 7 nitrogen and oxygen atoms in total. The molecule has 1 aliphatic heterocycles. The lowest BCUT2D eigenvalue weighted by atomic mass is 9.96. The predicted molar refractivity (Wildman–Crippen MR) is 98.1 cm³/mol. The second-order valence-electron chi connectivity index (χ2n) is 6.28. The molecule has 1 aromatic carbocycles. The molecule has 26 heavy (non-hydrogen) atoms. The van der Waals surface area contributed by atoms with Crippen LogP contribution >= 0.6 is 0 Å². The highest BCUT2D eigenvalue weighted by atomic mass is 16.1. The topological polar surface area (TPSA) is 98.7 Å². The number of rotatable bonds is 3. The Bertz CT molecular complexity index is 1020. The Kier molecular flexibility index (Phi) is 3.76. The summed E-state index contributed by atoms with van der Waals surface area (Å²) in [6.07, 6.45) is 3.37. The van der Waals surface area contributed by atoms with Gasteiger partial charge in [-0.1, -0.05) is 23.8 Å². The number of fused-ring (bicyclic) bond motifs is 1. The summed E-state index contributed by atoms with van der Waals surface area (Å²) in [4.78, 5) is 20.8. The number of nitrogens with two attached hydrogens (primary N) is 1. The highest BCUT2D eigenvalue weighted by molar-refractivity contribution is 5.95. The van der Waals surface area contributed by atoms with Crippen molar-refractivity contribution in [2.75, 3.05) is 5.32 Å². The molecule has 0 fully saturated rings. The largest absolute Gasteiger partial charge is 0.366 e. The standard InChI is InChI=1S/C19H18N6O/c1-11-4-3-5-14(10-11)18-23-19-22-12(2)15(17(20)26)16(25(19)24-18)13-6-8-21-9-7-13/h3-10,16H,1-2H3,(H2,20,26)(H,22,23,24)/t16-/m0/s1. The molecule has 0 aliphatic carbocycles. The van der Waals surface area contributed by atoms with Gasteiger partial charge in [0, 0.05) is 23.7 Å². The minimum Gasteiger partial charge on any atom is -0.366 e. The van der Waals surface area contributed by atoms with Crippen molar-refractivity contribution in [3.63, 3.8) is 0 Å². The molecule has 7 heteroatoms. The normalized spacial score (nSPS) is 16.2. The van der Waals surface area contributed by atoms with E-state index in [0.717, 1.165) is 16.7 Å². The fourth-order valence-electron chi connectivity index (χ4n) is 3.23. The average Bonchev–Trinajstić information content (AvgIpc) is 3.04. The number of pyridine rings is 1. The van der Waals surface area contributed by atoms with Crippen molar-refractivity contribution in [2.45, 2.75) is 19.9 Å². The third-order valence-corrected chi connectivity index (χ3v) is 4.42. The van der Waals surface area contributed by atoms with Gasteiger partial charge in [-0.2, -0.15) is 4.98 Å². The van der Waals surface area contributed by atoms with Crippen LogP contribution in [0.5, 0.6) is 0 Å². The molecule has 3 heterocycles. The summed E-state index contributed by atoms with van der Waals surface area (Å²) < 4.78 is 1.71. The zero-order chi connectivity index (χ0) is 18.3. The minimum absolute atomic E-state index is 0.446. The van der Waals surface area contributed by atoms with Gasteiger partial charge in [-0.05, 0) is 37.6 Å². The van der Waals surface area contributed by atoms with E-state index in [-0.39, 0.29) is 0 Å². The summed E-state index contributed by atoms with van der Waals surface area (Å²) in [6.45, 7) is 3.84. The molecule has 0 unspecified atom stereocenters. The minimum atomic E-state index is -0.491. The SMILES string of the molecule is CC1=C(C(N)=O)[C@H](c2ccncc2)n2nc(-c3cccc(C)c3)nc2N1. The Morgan fingerprint density at radius 3 is 2.65 bits per heavy atom. The van der Waals surface area contributed by atoms with Gasteiger partial charge >= 0.3 is 0 Å². The van der Waals surface area contributed by atoms with E-state index in [9.17, 15) is 4.79 Å². The van der Waals surface area contributed by atoms with Crippen molar-refractivity contribution < 1.29 is 4.79 Å². The van der Waals surface area contributed by atoms with Gasteiger partial charge in [0.2, 0.25) is 11.9 Å². The second kappa shape index (κ2) is 6.11. The molecule has 3 aromatic rings. The lowest BCUT2D eigenvalue weighted by Gasteiger charge is -2.27.